The monoisotopic (exact) mass is 308 g/mol. The van der Waals surface area contributed by atoms with Crippen LogP contribution in [0.4, 0.5) is 0 Å². The zero-order chi connectivity index (χ0) is 16.5. The van der Waals surface area contributed by atoms with Crippen molar-refractivity contribution in [2.24, 2.45) is 0 Å². The van der Waals surface area contributed by atoms with Gasteiger partial charge in [-0.05, 0) is 46.9 Å². The van der Waals surface area contributed by atoms with Crippen LogP contribution in [0, 0.1) is 13.8 Å². The standard InChI is InChI=1S/C24H20/c1-17-9-13-19(14-10-17)22-7-3-5-21-6-4-8-23(24(21)22)20-15-11-18(2)12-16-20/h3-16H,1-2H3. The molecule has 0 heteroatoms. The maximum Gasteiger partial charge on any atom is -0.00268 e. The summed E-state index contributed by atoms with van der Waals surface area (Å²) in [7, 11) is 0. The van der Waals surface area contributed by atoms with Gasteiger partial charge in [0, 0.05) is 0 Å². The molecule has 0 aromatic heterocycles. The first kappa shape index (κ1) is 14.7. The molecule has 0 unspecified atom stereocenters. The molecule has 0 N–H and O–H groups in total. The summed E-state index contributed by atoms with van der Waals surface area (Å²) in [6.07, 6.45) is 0. The number of hydrogen-bond donors (Lipinski definition) is 0. The van der Waals surface area contributed by atoms with Crippen molar-refractivity contribution < 1.29 is 0 Å². The van der Waals surface area contributed by atoms with Gasteiger partial charge in [-0.3, -0.25) is 0 Å². The Hall–Kier alpha value is -2.86. The highest BCUT2D eigenvalue weighted by atomic mass is 14.1. The molecule has 0 nitrogen and oxygen atoms in total. The average molecular weight is 308 g/mol. The maximum atomic E-state index is 2.23. The Kier molecular flexibility index (Phi) is 3.66. The number of benzene rings is 4. The van der Waals surface area contributed by atoms with Crippen LogP contribution in [-0.2, 0) is 0 Å². The molecule has 4 rings (SSSR count). The van der Waals surface area contributed by atoms with Gasteiger partial charge < -0.3 is 0 Å². The van der Waals surface area contributed by atoms with Gasteiger partial charge in [-0.1, -0.05) is 96.1 Å². The quantitative estimate of drug-likeness (QED) is 0.382. The van der Waals surface area contributed by atoms with Crippen LogP contribution in [0.15, 0.2) is 84.9 Å². The van der Waals surface area contributed by atoms with E-state index < -0.39 is 0 Å². The van der Waals surface area contributed by atoms with Crippen molar-refractivity contribution in [1.82, 2.24) is 0 Å². The molecule has 24 heavy (non-hydrogen) atoms. The molecule has 0 saturated carbocycles. The third-order valence-corrected chi connectivity index (χ3v) is 4.63. The van der Waals surface area contributed by atoms with Crippen LogP contribution in [0.3, 0.4) is 0 Å². The van der Waals surface area contributed by atoms with E-state index >= 15 is 0 Å². The fourth-order valence-corrected chi connectivity index (χ4v) is 3.29. The molecule has 0 saturated heterocycles. The number of aryl methyl sites for hydroxylation is 2. The summed E-state index contributed by atoms with van der Waals surface area (Å²) < 4.78 is 0. The molecule has 4 aromatic carbocycles. The molecule has 0 atom stereocenters. The van der Waals surface area contributed by atoms with Gasteiger partial charge in [0.05, 0.1) is 0 Å². The Labute approximate surface area is 143 Å². The van der Waals surface area contributed by atoms with Crippen molar-refractivity contribution in [2.45, 2.75) is 13.8 Å². The van der Waals surface area contributed by atoms with Crippen LogP contribution < -0.4 is 0 Å². The van der Waals surface area contributed by atoms with Crippen molar-refractivity contribution in [3.8, 4) is 22.3 Å². The van der Waals surface area contributed by atoms with Crippen LogP contribution >= 0.6 is 0 Å². The first-order valence-corrected chi connectivity index (χ1v) is 8.38. The molecule has 0 aliphatic rings. The summed E-state index contributed by atoms with van der Waals surface area (Å²) in [4.78, 5) is 0. The minimum Gasteiger partial charge on any atom is -0.0610 e. The van der Waals surface area contributed by atoms with E-state index in [9.17, 15) is 0 Å². The summed E-state index contributed by atoms with van der Waals surface area (Å²) in [5, 5.41) is 2.61. The van der Waals surface area contributed by atoms with Gasteiger partial charge in [-0.2, -0.15) is 0 Å². The number of rotatable bonds is 2. The minimum absolute atomic E-state index is 1.27. The van der Waals surface area contributed by atoms with E-state index in [0.717, 1.165) is 0 Å². The van der Waals surface area contributed by atoms with Crippen LogP contribution in [0.5, 0.6) is 0 Å². The van der Waals surface area contributed by atoms with E-state index in [-0.39, 0.29) is 0 Å². The maximum absolute atomic E-state index is 2.23. The topological polar surface area (TPSA) is 0 Å². The molecule has 0 amide bonds. The molecule has 0 aliphatic heterocycles. The molecule has 0 aliphatic carbocycles. The molecular formula is C24H20. The minimum atomic E-state index is 1.27. The molecule has 0 heterocycles. The van der Waals surface area contributed by atoms with Gasteiger partial charge in [-0.25, -0.2) is 0 Å². The largest absolute Gasteiger partial charge is 0.0610 e. The second-order valence-corrected chi connectivity index (χ2v) is 6.44. The molecule has 0 fully saturated rings. The van der Waals surface area contributed by atoms with E-state index in [1.807, 2.05) is 0 Å². The first-order chi connectivity index (χ1) is 11.7. The van der Waals surface area contributed by atoms with Gasteiger partial charge in [0.25, 0.3) is 0 Å². The van der Waals surface area contributed by atoms with Crippen LogP contribution in [0.25, 0.3) is 33.0 Å². The number of fused-ring (bicyclic) bond motifs is 1. The summed E-state index contributed by atoms with van der Waals surface area (Å²) in [5.74, 6) is 0. The van der Waals surface area contributed by atoms with Crippen molar-refractivity contribution in [2.75, 3.05) is 0 Å². The van der Waals surface area contributed by atoms with Gasteiger partial charge in [0.2, 0.25) is 0 Å². The highest BCUT2D eigenvalue weighted by Crippen LogP contribution is 2.36. The second kappa shape index (κ2) is 5.98. The fourth-order valence-electron chi connectivity index (χ4n) is 3.29. The van der Waals surface area contributed by atoms with Gasteiger partial charge in [0.15, 0.2) is 0 Å². The molecule has 4 aromatic rings. The van der Waals surface area contributed by atoms with Crippen LogP contribution in [0.2, 0.25) is 0 Å². The summed E-state index contributed by atoms with van der Waals surface area (Å²) in [6, 6.07) is 30.8. The Morgan fingerprint density at radius 2 is 0.875 bits per heavy atom. The zero-order valence-corrected chi connectivity index (χ0v) is 14.1. The zero-order valence-electron chi connectivity index (χ0n) is 14.1. The lowest BCUT2D eigenvalue weighted by atomic mass is 9.91. The van der Waals surface area contributed by atoms with Crippen molar-refractivity contribution in [3.63, 3.8) is 0 Å². The van der Waals surface area contributed by atoms with E-state index in [2.05, 4.69) is 98.8 Å². The lowest BCUT2D eigenvalue weighted by Crippen LogP contribution is -1.87. The summed E-state index contributed by atoms with van der Waals surface area (Å²) in [5.41, 5.74) is 7.71. The van der Waals surface area contributed by atoms with Gasteiger partial charge in [-0.15, -0.1) is 0 Å². The van der Waals surface area contributed by atoms with Crippen molar-refractivity contribution >= 4 is 10.8 Å². The predicted molar refractivity (Wildman–Crippen MR) is 104 cm³/mol. The molecular weight excluding hydrogens is 288 g/mol. The average Bonchev–Trinajstić information content (AvgIpc) is 2.62. The van der Waals surface area contributed by atoms with Crippen LogP contribution in [0.1, 0.15) is 11.1 Å². The predicted octanol–water partition coefficient (Wildman–Crippen LogP) is 6.79. The van der Waals surface area contributed by atoms with E-state index in [1.54, 1.807) is 0 Å². The van der Waals surface area contributed by atoms with E-state index in [4.69, 9.17) is 0 Å². The van der Waals surface area contributed by atoms with Crippen molar-refractivity contribution in [3.05, 3.63) is 96.1 Å². The lowest BCUT2D eigenvalue weighted by molar-refractivity contribution is 1.47. The van der Waals surface area contributed by atoms with Gasteiger partial charge >= 0.3 is 0 Å². The molecule has 116 valence electrons. The van der Waals surface area contributed by atoms with Gasteiger partial charge in [0.1, 0.15) is 0 Å². The SMILES string of the molecule is Cc1ccc(-c2cccc3cccc(-c4ccc(C)cc4)c23)cc1. The molecule has 0 spiro atoms. The Balaban J connectivity index is 2.01. The summed E-state index contributed by atoms with van der Waals surface area (Å²) >= 11 is 0. The number of hydrogen-bond acceptors (Lipinski definition) is 0. The lowest BCUT2D eigenvalue weighted by Gasteiger charge is -2.13. The summed E-state index contributed by atoms with van der Waals surface area (Å²) in [6.45, 7) is 4.26. The van der Waals surface area contributed by atoms with Crippen molar-refractivity contribution in [1.29, 1.82) is 0 Å². The normalized spacial score (nSPS) is 10.9. The Morgan fingerprint density at radius 1 is 0.458 bits per heavy atom. The third kappa shape index (κ3) is 2.61. The Morgan fingerprint density at radius 3 is 1.29 bits per heavy atom. The van der Waals surface area contributed by atoms with E-state index in [1.165, 1.54) is 44.2 Å². The fraction of sp³-hybridized carbons (Fsp3) is 0.0833. The van der Waals surface area contributed by atoms with E-state index in [0.29, 0.717) is 0 Å². The highest BCUT2D eigenvalue weighted by molar-refractivity contribution is 6.06. The smallest absolute Gasteiger partial charge is 0.00268 e. The second-order valence-electron chi connectivity index (χ2n) is 6.44. The Bertz CT molecular complexity index is 910. The molecule has 0 radical (unpaired) electrons. The first-order valence-electron chi connectivity index (χ1n) is 8.38. The van der Waals surface area contributed by atoms with Crippen LogP contribution in [-0.4, -0.2) is 0 Å². The third-order valence-electron chi connectivity index (χ3n) is 4.63. The highest BCUT2D eigenvalue weighted by Gasteiger charge is 2.09. The molecule has 0 bridgehead atoms.